The fraction of sp³-hybridized carbons (Fsp3) is 0.833. The molecule has 0 heterocycles. The molecule has 1 amide bonds. The second-order valence-electron chi connectivity index (χ2n) is 19.8. The van der Waals surface area contributed by atoms with E-state index >= 15 is 0 Å². The van der Waals surface area contributed by atoms with Crippen LogP contribution in [0, 0.1) is 0 Å². The van der Waals surface area contributed by atoms with Gasteiger partial charge < -0.3 is 20.3 Å². The van der Waals surface area contributed by atoms with Gasteiger partial charge in [0.05, 0.1) is 25.2 Å². The van der Waals surface area contributed by atoms with Crippen molar-refractivity contribution in [2.24, 2.45) is 0 Å². The van der Waals surface area contributed by atoms with Gasteiger partial charge in [-0.3, -0.25) is 9.59 Å². The van der Waals surface area contributed by atoms with Crippen LogP contribution >= 0.6 is 0 Å². The largest absolute Gasteiger partial charge is 0.462 e. The molecule has 6 heteroatoms. The lowest BCUT2D eigenvalue weighted by Crippen LogP contribution is -2.46. The molecule has 66 heavy (non-hydrogen) atoms. The Kier molecular flexibility index (Phi) is 52.0. The molecule has 0 radical (unpaired) electrons. The Morgan fingerprint density at radius 2 is 0.818 bits per heavy atom. The van der Waals surface area contributed by atoms with E-state index in [0.717, 1.165) is 70.6 Å². The minimum absolute atomic E-state index is 0.0544. The van der Waals surface area contributed by atoms with Crippen LogP contribution in [0.5, 0.6) is 0 Å². The highest BCUT2D eigenvalue weighted by molar-refractivity contribution is 5.77. The Labute approximate surface area is 410 Å². The van der Waals surface area contributed by atoms with Crippen molar-refractivity contribution in [2.45, 2.75) is 315 Å². The van der Waals surface area contributed by atoms with Crippen molar-refractivity contribution >= 4 is 11.9 Å². The number of aliphatic hydroxyl groups excluding tert-OH is 2. The van der Waals surface area contributed by atoms with Crippen LogP contribution in [0.4, 0.5) is 0 Å². The SMILES string of the molecule is CC/C=C/C=C/C=C/C=C\CCCCCC(CC(=O)NC(CO)C(O)CCCCCCCCCCCCCCCCCC)OC(=O)CCCCCCCCCCCCCCCCCCCC. The molecule has 0 aromatic rings. The lowest BCUT2D eigenvalue weighted by molar-refractivity contribution is -0.151. The number of rotatable bonds is 52. The van der Waals surface area contributed by atoms with Crippen molar-refractivity contribution < 1.29 is 24.5 Å². The number of ether oxygens (including phenoxy) is 1. The molecule has 0 rings (SSSR count). The number of hydrogen-bond donors (Lipinski definition) is 3. The summed E-state index contributed by atoms with van der Waals surface area (Å²) in [5.41, 5.74) is 0. The molecular formula is C60H111NO5. The number of esters is 1. The standard InChI is InChI=1S/C60H111NO5/c1-4-7-10-13-16-19-22-25-27-29-30-32-35-38-41-44-47-50-53-60(65)66-56(51-48-45-42-39-36-33-24-21-18-15-12-9-6-3)54-59(64)61-57(55-62)58(63)52-49-46-43-40-37-34-31-28-26-23-20-17-14-11-8-5-2/h9,12,15,18,21,24,33,36,56-58,62-63H,4-8,10-11,13-14,16-17,19-20,22-23,25-32,34-35,37-55H2,1-3H3,(H,61,64)/b12-9+,18-15+,24-21+,36-33-. The number of carbonyl (C=O) groups excluding carboxylic acids is 2. The van der Waals surface area contributed by atoms with Crippen LogP contribution in [0.25, 0.3) is 0 Å². The summed E-state index contributed by atoms with van der Waals surface area (Å²) in [4.78, 5) is 26.2. The van der Waals surface area contributed by atoms with Crippen LogP contribution < -0.4 is 5.32 Å². The van der Waals surface area contributed by atoms with Gasteiger partial charge in [0, 0.05) is 6.42 Å². The Hall–Kier alpha value is -2.18. The Bertz CT molecular complexity index is 1130. The second-order valence-corrected chi connectivity index (χ2v) is 19.8. The van der Waals surface area contributed by atoms with Gasteiger partial charge >= 0.3 is 5.97 Å². The highest BCUT2D eigenvalue weighted by Gasteiger charge is 2.24. The fourth-order valence-corrected chi connectivity index (χ4v) is 8.91. The first-order chi connectivity index (χ1) is 32.5. The van der Waals surface area contributed by atoms with E-state index < -0.39 is 18.2 Å². The Balaban J connectivity index is 4.51. The first kappa shape index (κ1) is 63.8. The average Bonchev–Trinajstić information content (AvgIpc) is 3.31. The van der Waals surface area contributed by atoms with E-state index in [9.17, 15) is 19.8 Å². The molecule has 386 valence electrons. The van der Waals surface area contributed by atoms with Gasteiger partial charge in [0.2, 0.25) is 5.91 Å². The minimum atomic E-state index is -0.798. The predicted molar refractivity (Wildman–Crippen MR) is 287 cm³/mol. The van der Waals surface area contributed by atoms with Gasteiger partial charge in [-0.25, -0.2) is 0 Å². The Morgan fingerprint density at radius 3 is 1.24 bits per heavy atom. The number of aliphatic hydroxyl groups is 2. The minimum Gasteiger partial charge on any atom is -0.462 e. The average molecular weight is 927 g/mol. The molecule has 0 saturated carbocycles. The van der Waals surface area contributed by atoms with Crippen LogP contribution in [-0.2, 0) is 14.3 Å². The van der Waals surface area contributed by atoms with Crippen molar-refractivity contribution in [1.29, 1.82) is 0 Å². The summed E-state index contributed by atoms with van der Waals surface area (Å²) < 4.78 is 5.94. The summed E-state index contributed by atoms with van der Waals surface area (Å²) in [7, 11) is 0. The van der Waals surface area contributed by atoms with Crippen LogP contribution in [0.15, 0.2) is 48.6 Å². The third kappa shape index (κ3) is 48.3. The fourth-order valence-electron chi connectivity index (χ4n) is 8.91. The summed E-state index contributed by atoms with van der Waals surface area (Å²) in [6, 6.07) is -0.714. The number of amides is 1. The molecule has 0 aliphatic carbocycles. The molecule has 3 N–H and O–H groups in total. The van der Waals surface area contributed by atoms with Crippen molar-refractivity contribution in [3.05, 3.63) is 48.6 Å². The van der Waals surface area contributed by atoms with E-state index in [1.54, 1.807) is 0 Å². The molecule has 3 unspecified atom stereocenters. The summed E-state index contributed by atoms with van der Waals surface area (Å²) >= 11 is 0. The normalized spacial score (nSPS) is 13.5. The van der Waals surface area contributed by atoms with E-state index in [1.165, 1.54) is 180 Å². The van der Waals surface area contributed by atoms with Gasteiger partial charge in [-0.1, -0.05) is 288 Å². The second kappa shape index (κ2) is 53.8. The maximum atomic E-state index is 13.3. The summed E-state index contributed by atoms with van der Waals surface area (Å²) in [5, 5.41) is 23.9. The lowest BCUT2D eigenvalue weighted by Gasteiger charge is -2.24. The number of carbonyl (C=O) groups is 2. The molecule has 0 bridgehead atoms. The monoisotopic (exact) mass is 926 g/mol. The molecule has 0 fully saturated rings. The molecular weight excluding hydrogens is 815 g/mol. The topological polar surface area (TPSA) is 95.9 Å². The van der Waals surface area contributed by atoms with Crippen LogP contribution in [-0.4, -0.2) is 46.9 Å². The van der Waals surface area contributed by atoms with Gasteiger partial charge in [-0.15, -0.1) is 0 Å². The van der Waals surface area contributed by atoms with Crippen molar-refractivity contribution in [3.8, 4) is 0 Å². The van der Waals surface area contributed by atoms with Crippen LogP contribution in [0.1, 0.15) is 297 Å². The molecule has 0 aliphatic heterocycles. The summed E-state index contributed by atoms with van der Waals surface area (Å²) in [5.74, 6) is -0.500. The van der Waals surface area contributed by atoms with Gasteiger partial charge in [0.1, 0.15) is 6.10 Å². The molecule has 3 atom stereocenters. The van der Waals surface area contributed by atoms with Crippen molar-refractivity contribution in [1.82, 2.24) is 5.32 Å². The maximum absolute atomic E-state index is 13.3. The van der Waals surface area contributed by atoms with Crippen molar-refractivity contribution in [2.75, 3.05) is 6.61 Å². The zero-order valence-electron chi connectivity index (χ0n) is 44.1. The molecule has 0 spiro atoms. The smallest absolute Gasteiger partial charge is 0.306 e. The first-order valence-electron chi connectivity index (χ1n) is 28.9. The number of hydrogen-bond acceptors (Lipinski definition) is 5. The van der Waals surface area contributed by atoms with E-state index in [0.29, 0.717) is 19.3 Å². The first-order valence-corrected chi connectivity index (χ1v) is 28.9. The van der Waals surface area contributed by atoms with Crippen LogP contribution in [0.3, 0.4) is 0 Å². The summed E-state index contributed by atoms with van der Waals surface area (Å²) in [6.45, 7) is 6.37. The van der Waals surface area contributed by atoms with Crippen molar-refractivity contribution in [3.63, 3.8) is 0 Å². The number of unbranched alkanes of at least 4 members (excludes halogenated alkanes) is 35. The lowest BCUT2D eigenvalue weighted by atomic mass is 10.0. The number of allylic oxidation sites excluding steroid dienone is 8. The quantitative estimate of drug-likeness (QED) is 0.0321. The van der Waals surface area contributed by atoms with Gasteiger partial charge in [-0.2, -0.15) is 0 Å². The molecule has 0 aromatic carbocycles. The summed E-state index contributed by atoms with van der Waals surface area (Å²) in [6.07, 6.45) is 66.1. The van der Waals surface area contributed by atoms with E-state index in [1.807, 2.05) is 24.3 Å². The highest BCUT2D eigenvalue weighted by Crippen LogP contribution is 2.19. The van der Waals surface area contributed by atoms with E-state index in [2.05, 4.69) is 50.4 Å². The van der Waals surface area contributed by atoms with E-state index in [-0.39, 0.29) is 24.9 Å². The zero-order valence-corrected chi connectivity index (χ0v) is 44.1. The number of nitrogens with one attached hydrogen (secondary N) is 1. The Morgan fingerprint density at radius 1 is 0.455 bits per heavy atom. The highest BCUT2D eigenvalue weighted by atomic mass is 16.5. The zero-order chi connectivity index (χ0) is 48.1. The molecule has 0 aromatic heterocycles. The van der Waals surface area contributed by atoms with E-state index in [4.69, 9.17) is 4.74 Å². The molecule has 0 saturated heterocycles. The van der Waals surface area contributed by atoms with Crippen LogP contribution in [0.2, 0.25) is 0 Å². The molecule has 0 aliphatic rings. The van der Waals surface area contributed by atoms with Gasteiger partial charge in [0.15, 0.2) is 0 Å². The van der Waals surface area contributed by atoms with Gasteiger partial charge in [0.25, 0.3) is 0 Å². The molecule has 6 nitrogen and oxygen atoms in total. The van der Waals surface area contributed by atoms with Gasteiger partial charge in [-0.05, 0) is 44.9 Å². The third-order valence-electron chi connectivity index (χ3n) is 13.3. The maximum Gasteiger partial charge on any atom is 0.306 e. The third-order valence-corrected chi connectivity index (χ3v) is 13.3. The predicted octanol–water partition coefficient (Wildman–Crippen LogP) is 17.8.